The molecular weight excluding hydrogens is 589 g/mol. The summed E-state index contributed by atoms with van der Waals surface area (Å²) in [5, 5.41) is 7.25. The van der Waals surface area contributed by atoms with E-state index in [1.165, 1.54) is 23.0 Å². The Morgan fingerprint density at radius 2 is 1.67 bits per heavy atom. The number of anilines is 2. The van der Waals surface area contributed by atoms with Gasteiger partial charge in [-0.15, -0.1) is 0 Å². The number of aromatic nitrogens is 1. The summed E-state index contributed by atoms with van der Waals surface area (Å²) in [5.74, 6) is 5.89. The van der Waals surface area contributed by atoms with Gasteiger partial charge in [-0.3, -0.25) is 0 Å². The van der Waals surface area contributed by atoms with Crippen LogP contribution in [0.4, 0.5) is 24.5 Å². The molecule has 0 radical (unpaired) electrons. The molecule has 1 aliphatic heterocycles. The number of likely N-dealkylation sites (tertiary alicyclic amines) is 1. The van der Waals surface area contributed by atoms with E-state index in [2.05, 4.69) is 27.4 Å². The molecule has 0 saturated carbocycles. The molecular formula is C29H35F3N4O4S2. The van der Waals surface area contributed by atoms with E-state index < -0.39 is 32.4 Å². The summed E-state index contributed by atoms with van der Waals surface area (Å²) >= 11 is 0. The van der Waals surface area contributed by atoms with E-state index in [0.717, 1.165) is 43.4 Å². The summed E-state index contributed by atoms with van der Waals surface area (Å²) in [6.45, 7) is 2.84. The van der Waals surface area contributed by atoms with Crippen molar-refractivity contribution < 1.29 is 30.0 Å². The Balaban J connectivity index is 1.53. The number of sulfone groups is 2. The van der Waals surface area contributed by atoms with Gasteiger partial charge in [-0.1, -0.05) is 12.0 Å². The first-order chi connectivity index (χ1) is 19.6. The summed E-state index contributed by atoms with van der Waals surface area (Å²) in [6, 6.07) is 11.4. The standard InChI is InChI=1S/C29H35F3N4O4S2/c1-21-6-11-27-26(28(21)34-23-12-15-35(16-13-23)17-18-41(2,37)38)19-24(36(27)20-29(30,31)32)5-4-14-33-22-7-9-25(10-8-22)42(3,39)40/h6-11,19,23,33-34H,12-18,20H2,1-3H3. The Kier molecular flexibility index (Phi) is 9.49. The van der Waals surface area contributed by atoms with Crippen LogP contribution in [0.2, 0.25) is 0 Å². The van der Waals surface area contributed by atoms with Crippen molar-refractivity contribution in [3.63, 3.8) is 0 Å². The van der Waals surface area contributed by atoms with E-state index in [1.54, 1.807) is 30.3 Å². The lowest BCUT2D eigenvalue weighted by molar-refractivity contribution is -0.140. The summed E-state index contributed by atoms with van der Waals surface area (Å²) < 4.78 is 88.3. The Hall–Kier alpha value is -3.21. The lowest BCUT2D eigenvalue weighted by Gasteiger charge is -2.33. The fourth-order valence-electron chi connectivity index (χ4n) is 4.99. The molecule has 2 aromatic carbocycles. The Labute approximate surface area is 245 Å². The predicted octanol–water partition coefficient (Wildman–Crippen LogP) is 4.30. The summed E-state index contributed by atoms with van der Waals surface area (Å²) in [4.78, 5) is 2.31. The number of hydrogen-bond donors (Lipinski definition) is 2. The smallest absolute Gasteiger partial charge is 0.381 e. The molecule has 0 spiro atoms. The molecule has 4 rings (SSSR count). The number of piperidine rings is 1. The third kappa shape index (κ3) is 8.65. The van der Waals surface area contributed by atoms with Crippen LogP contribution in [0.1, 0.15) is 24.1 Å². The number of rotatable bonds is 9. The number of halogens is 3. The third-order valence-corrected chi connectivity index (χ3v) is 9.28. The lowest BCUT2D eigenvalue weighted by Crippen LogP contribution is -2.41. The van der Waals surface area contributed by atoms with Crippen LogP contribution in [0.25, 0.3) is 10.9 Å². The van der Waals surface area contributed by atoms with Crippen LogP contribution in [0.3, 0.4) is 0 Å². The van der Waals surface area contributed by atoms with Gasteiger partial charge in [0.05, 0.1) is 28.4 Å². The molecule has 228 valence electrons. The number of nitrogens with one attached hydrogen (secondary N) is 2. The minimum Gasteiger partial charge on any atom is -0.381 e. The number of hydrogen-bond acceptors (Lipinski definition) is 7. The molecule has 0 aliphatic carbocycles. The number of nitrogens with zero attached hydrogens (tertiary/aromatic N) is 2. The van der Waals surface area contributed by atoms with E-state index in [-0.39, 0.29) is 28.9 Å². The van der Waals surface area contributed by atoms with E-state index in [4.69, 9.17) is 0 Å². The molecule has 0 unspecified atom stereocenters. The zero-order valence-electron chi connectivity index (χ0n) is 23.8. The molecule has 42 heavy (non-hydrogen) atoms. The maximum absolute atomic E-state index is 13.6. The number of fused-ring (bicyclic) bond motifs is 1. The fourth-order valence-corrected chi connectivity index (χ4v) is 6.21. The van der Waals surface area contributed by atoms with Crippen LogP contribution in [0.5, 0.6) is 0 Å². The summed E-state index contributed by atoms with van der Waals surface area (Å²) in [5.41, 5.74) is 2.98. The number of aryl methyl sites for hydroxylation is 1. The van der Waals surface area contributed by atoms with Gasteiger partial charge in [0.15, 0.2) is 9.84 Å². The van der Waals surface area contributed by atoms with E-state index in [0.29, 0.717) is 23.1 Å². The van der Waals surface area contributed by atoms with Gasteiger partial charge in [0.2, 0.25) is 0 Å². The SMILES string of the molecule is Cc1ccc2c(cc(C#CCNc3ccc(S(C)(=O)=O)cc3)n2CC(F)(F)F)c1NC1CCN(CCS(C)(=O)=O)CC1. The molecule has 1 aliphatic rings. The van der Waals surface area contributed by atoms with Crippen LogP contribution in [0, 0.1) is 18.8 Å². The van der Waals surface area contributed by atoms with Crippen LogP contribution < -0.4 is 10.6 Å². The first kappa shape index (κ1) is 31.7. The van der Waals surface area contributed by atoms with E-state index >= 15 is 0 Å². The molecule has 0 atom stereocenters. The van der Waals surface area contributed by atoms with Crippen molar-refractivity contribution in [2.24, 2.45) is 0 Å². The molecule has 13 heteroatoms. The van der Waals surface area contributed by atoms with Crippen LogP contribution in [-0.2, 0) is 26.2 Å². The topological polar surface area (TPSA) is 101 Å². The van der Waals surface area contributed by atoms with Gasteiger partial charge in [0.25, 0.3) is 0 Å². The Bertz CT molecular complexity index is 1700. The van der Waals surface area contributed by atoms with Crippen molar-refractivity contribution in [2.75, 3.05) is 55.1 Å². The summed E-state index contributed by atoms with van der Waals surface area (Å²) in [6.07, 6.45) is -0.527. The second-order valence-electron chi connectivity index (χ2n) is 10.8. The zero-order chi connectivity index (χ0) is 30.7. The minimum absolute atomic E-state index is 0.0996. The predicted molar refractivity (Wildman–Crippen MR) is 160 cm³/mol. The van der Waals surface area contributed by atoms with Gasteiger partial charge in [0, 0.05) is 54.9 Å². The highest BCUT2D eigenvalue weighted by molar-refractivity contribution is 7.91. The Morgan fingerprint density at radius 3 is 2.26 bits per heavy atom. The molecule has 1 fully saturated rings. The highest BCUT2D eigenvalue weighted by atomic mass is 32.2. The average molecular weight is 625 g/mol. The van der Waals surface area contributed by atoms with Crippen molar-refractivity contribution in [2.45, 2.75) is 43.4 Å². The second kappa shape index (κ2) is 12.6. The van der Waals surface area contributed by atoms with Crippen molar-refractivity contribution in [3.8, 4) is 11.8 Å². The quantitative estimate of drug-likeness (QED) is 0.343. The molecule has 2 N–H and O–H groups in total. The third-order valence-electron chi connectivity index (χ3n) is 7.23. The van der Waals surface area contributed by atoms with Crippen molar-refractivity contribution >= 4 is 42.0 Å². The van der Waals surface area contributed by atoms with E-state index in [1.807, 2.05) is 6.92 Å². The van der Waals surface area contributed by atoms with Gasteiger partial charge >= 0.3 is 6.18 Å². The largest absolute Gasteiger partial charge is 0.406 e. The van der Waals surface area contributed by atoms with Gasteiger partial charge in [0.1, 0.15) is 16.4 Å². The van der Waals surface area contributed by atoms with Gasteiger partial charge in [-0.05, 0) is 67.6 Å². The summed E-state index contributed by atoms with van der Waals surface area (Å²) in [7, 11) is -6.35. The maximum atomic E-state index is 13.6. The normalized spacial score (nSPS) is 15.4. The second-order valence-corrected chi connectivity index (χ2v) is 15.0. The Morgan fingerprint density at radius 1 is 1.00 bits per heavy atom. The highest BCUT2D eigenvalue weighted by Crippen LogP contribution is 2.33. The fraction of sp³-hybridized carbons (Fsp3) is 0.448. The van der Waals surface area contributed by atoms with Gasteiger partial charge < -0.3 is 20.1 Å². The van der Waals surface area contributed by atoms with Crippen LogP contribution >= 0.6 is 0 Å². The van der Waals surface area contributed by atoms with Gasteiger partial charge in [-0.2, -0.15) is 13.2 Å². The first-order valence-corrected chi connectivity index (χ1v) is 17.4. The first-order valence-electron chi connectivity index (χ1n) is 13.5. The number of alkyl halides is 3. The molecule has 3 aromatic rings. The van der Waals surface area contributed by atoms with Crippen LogP contribution in [-0.4, -0.2) is 83.0 Å². The molecule has 1 saturated heterocycles. The zero-order valence-corrected chi connectivity index (χ0v) is 25.4. The monoisotopic (exact) mass is 624 g/mol. The van der Waals surface area contributed by atoms with Gasteiger partial charge in [-0.25, -0.2) is 16.8 Å². The lowest BCUT2D eigenvalue weighted by atomic mass is 10.0. The average Bonchev–Trinajstić information content (AvgIpc) is 3.23. The van der Waals surface area contributed by atoms with Crippen LogP contribution in [0.15, 0.2) is 47.4 Å². The molecule has 8 nitrogen and oxygen atoms in total. The minimum atomic E-state index is -4.45. The molecule has 2 heterocycles. The molecule has 0 amide bonds. The highest BCUT2D eigenvalue weighted by Gasteiger charge is 2.30. The van der Waals surface area contributed by atoms with Crippen molar-refractivity contribution in [1.29, 1.82) is 0 Å². The van der Waals surface area contributed by atoms with Crippen molar-refractivity contribution in [3.05, 3.63) is 53.7 Å². The molecule has 0 bridgehead atoms. The maximum Gasteiger partial charge on any atom is 0.406 e. The van der Waals surface area contributed by atoms with Crippen molar-refractivity contribution in [1.82, 2.24) is 9.47 Å². The molecule has 1 aromatic heterocycles. The van der Waals surface area contributed by atoms with E-state index in [9.17, 15) is 30.0 Å². The number of benzene rings is 2.